The fourth-order valence-electron chi connectivity index (χ4n) is 4.90. The first kappa shape index (κ1) is 22.8. The molecule has 4 aromatic rings. The third-order valence-electron chi connectivity index (χ3n) is 6.81. The summed E-state index contributed by atoms with van der Waals surface area (Å²) in [5.74, 6) is 0.819. The number of nitrogens with zero attached hydrogens (tertiary/aromatic N) is 4. The fraction of sp³-hybridized carbons (Fsp3) is 0.276. The van der Waals surface area contributed by atoms with E-state index in [1.165, 1.54) is 0 Å². The van der Waals surface area contributed by atoms with Crippen molar-refractivity contribution in [2.75, 3.05) is 18.5 Å². The van der Waals surface area contributed by atoms with Crippen molar-refractivity contribution >= 4 is 28.5 Å². The highest BCUT2D eigenvalue weighted by atomic mass is 16.2. The molecule has 178 valence electrons. The number of imidazole rings is 1. The average molecular weight is 467 g/mol. The number of hydrogen-bond donors (Lipinski definition) is 0. The van der Waals surface area contributed by atoms with Crippen LogP contribution in [0.15, 0.2) is 72.8 Å². The molecule has 0 spiro atoms. The van der Waals surface area contributed by atoms with E-state index in [9.17, 15) is 9.59 Å². The topological polar surface area (TPSA) is 58.4 Å². The van der Waals surface area contributed by atoms with Crippen molar-refractivity contribution in [2.45, 2.75) is 39.3 Å². The predicted octanol–water partition coefficient (Wildman–Crippen LogP) is 4.83. The van der Waals surface area contributed by atoms with E-state index in [2.05, 4.69) is 18.2 Å². The molecule has 1 saturated heterocycles. The molecule has 5 rings (SSSR count). The minimum absolute atomic E-state index is 0.00830. The Morgan fingerprint density at radius 1 is 1.03 bits per heavy atom. The van der Waals surface area contributed by atoms with Crippen molar-refractivity contribution in [3.63, 3.8) is 0 Å². The van der Waals surface area contributed by atoms with Gasteiger partial charge in [0.1, 0.15) is 12.4 Å². The summed E-state index contributed by atoms with van der Waals surface area (Å²) in [6, 6.07) is 24.0. The molecule has 1 aromatic heterocycles. The molecule has 1 unspecified atom stereocenters. The number of fused-ring (bicyclic) bond motifs is 1. The fourth-order valence-corrected chi connectivity index (χ4v) is 4.90. The largest absolute Gasteiger partial charge is 0.340 e. The number of aryl methyl sites for hydroxylation is 2. The summed E-state index contributed by atoms with van der Waals surface area (Å²) >= 11 is 0. The normalized spacial score (nSPS) is 15.7. The van der Waals surface area contributed by atoms with Crippen LogP contribution in [0.25, 0.3) is 11.0 Å². The van der Waals surface area contributed by atoms with Crippen LogP contribution in [0.4, 0.5) is 5.69 Å². The van der Waals surface area contributed by atoms with Crippen LogP contribution < -0.4 is 4.90 Å². The van der Waals surface area contributed by atoms with Gasteiger partial charge in [-0.25, -0.2) is 4.98 Å². The van der Waals surface area contributed by atoms with E-state index in [0.717, 1.165) is 39.2 Å². The molecule has 2 amide bonds. The van der Waals surface area contributed by atoms with E-state index < -0.39 is 0 Å². The monoisotopic (exact) mass is 466 g/mol. The lowest BCUT2D eigenvalue weighted by atomic mass is 10.1. The lowest BCUT2D eigenvalue weighted by Crippen LogP contribution is -2.30. The molecule has 0 saturated carbocycles. The lowest BCUT2D eigenvalue weighted by Gasteiger charge is -2.21. The van der Waals surface area contributed by atoms with Crippen LogP contribution in [0.3, 0.4) is 0 Å². The number of amides is 2. The predicted molar refractivity (Wildman–Crippen MR) is 138 cm³/mol. The van der Waals surface area contributed by atoms with E-state index in [1.54, 1.807) is 4.90 Å². The number of carbonyl (C=O) groups is 2. The quantitative estimate of drug-likeness (QED) is 0.409. The van der Waals surface area contributed by atoms with Crippen LogP contribution in [0.2, 0.25) is 0 Å². The second-order valence-electron chi connectivity index (χ2n) is 9.48. The summed E-state index contributed by atoms with van der Waals surface area (Å²) in [4.78, 5) is 34.9. The van der Waals surface area contributed by atoms with Crippen LogP contribution >= 0.6 is 0 Å². The van der Waals surface area contributed by atoms with Crippen molar-refractivity contribution in [1.82, 2.24) is 14.5 Å². The zero-order valence-corrected chi connectivity index (χ0v) is 20.4. The summed E-state index contributed by atoms with van der Waals surface area (Å²) < 4.78 is 2.00. The summed E-state index contributed by atoms with van der Waals surface area (Å²) in [5, 5.41) is 0. The smallest absolute Gasteiger partial charge is 0.242 e. The molecule has 0 aliphatic carbocycles. The maximum absolute atomic E-state index is 13.3. The first-order valence-electron chi connectivity index (χ1n) is 12.0. The Morgan fingerprint density at radius 3 is 2.57 bits per heavy atom. The maximum Gasteiger partial charge on any atom is 0.242 e. The third-order valence-corrected chi connectivity index (χ3v) is 6.81. The molecule has 6 nitrogen and oxygen atoms in total. The van der Waals surface area contributed by atoms with Gasteiger partial charge in [0.15, 0.2) is 0 Å². The van der Waals surface area contributed by atoms with Gasteiger partial charge >= 0.3 is 0 Å². The number of benzene rings is 3. The highest BCUT2D eigenvalue weighted by Crippen LogP contribution is 2.35. The lowest BCUT2D eigenvalue weighted by molar-refractivity contribution is -0.131. The van der Waals surface area contributed by atoms with Gasteiger partial charge in [-0.15, -0.1) is 0 Å². The molecule has 0 N–H and O–H groups in total. The standard InChI is InChI=1S/C29H30N4O2/c1-20-13-14-21(2)26(15-20)32-18-23(16-27(32)34)29-30-24-11-7-8-12-25(24)33(29)19-28(35)31(3)17-22-9-5-4-6-10-22/h4-15,23H,16-19H2,1-3H3. The van der Waals surface area contributed by atoms with E-state index in [1.807, 2.05) is 85.0 Å². The van der Waals surface area contributed by atoms with Gasteiger partial charge in [0.2, 0.25) is 11.8 Å². The summed E-state index contributed by atoms with van der Waals surface area (Å²) in [6.07, 6.45) is 0.380. The SMILES string of the molecule is Cc1ccc(C)c(N2CC(c3nc4ccccc4n3CC(=O)N(C)Cc3ccccc3)CC2=O)c1. The highest BCUT2D eigenvalue weighted by Gasteiger charge is 2.35. The Balaban J connectivity index is 1.44. The Bertz CT molecular complexity index is 1390. The molecular weight excluding hydrogens is 436 g/mol. The summed E-state index contributed by atoms with van der Waals surface area (Å²) in [7, 11) is 1.83. The first-order valence-corrected chi connectivity index (χ1v) is 12.0. The van der Waals surface area contributed by atoms with Crippen molar-refractivity contribution in [3.8, 4) is 0 Å². The third kappa shape index (κ3) is 4.56. The van der Waals surface area contributed by atoms with Crippen molar-refractivity contribution < 1.29 is 9.59 Å². The zero-order valence-electron chi connectivity index (χ0n) is 20.4. The molecular formula is C29H30N4O2. The molecule has 35 heavy (non-hydrogen) atoms. The van der Waals surface area contributed by atoms with Gasteiger partial charge in [-0.1, -0.05) is 54.6 Å². The average Bonchev–Trinajstić information content (AvgIpc) is 3.41. The van der Waals surface area contributed by atoms with Crippen LogP contribution in [-0.2, 0) is 22.7 Å². The minimum atomic E-state index is -0.0814. The second kappa shape index (κ2) is 9.37. The molecule has 0 bridgehead atoms. The molecule has 2 heterocycles. The molecule has 3 aromatic carbocycles. The molecule has 1 atom stereocenters. The van der Waals surface area contributed by atoms with Gasteiger partial charge in [-0.05, 0) is 48.7 Å². The maximum atomic E-state index is 13.3. The van der Waals surface area contributed by atoms with Crippen molar-refractivity contribution in [3.05, 3.63) is 95.3 Å². The number of rotatable bonds is 6. The molecule has 6 heteroatoms. The Kier molecular flexibility index (Phi) is 6.12. The van der Waals surface area contributed by atoms with Gasteiger partial charge in [0.05, 0.1) is 11.0 Å². The van der Waals surface area contributed by atoms with Gasteiger partial charge in [-0.2, -0.15) is 0 Å². The summed E-state index contributed by atoms with van der Waals surface area (Å²) in [5.41, 5.74) is 6.01. The zero-order chi connectivity index (χ0) is 24.5. The number of hydrogen-bond acceptors (Lipinski definition) is 3. The van der Waals surface area contributed by atoms with Gasteiger partial charge in [-0.3, -0.25) is 9.59 Å². The van der Waals surface area contributed by atoms with Gasteiger partial charge < -0.3 is 14.4 Å². The van der Waals surface area contributed by atoms with E-state index in [-0.39, 0.29) is 24.3 Å². The van der Waals surface area contributed by atoms with Crippen LogP contribution in [0, 0.1) is 13.8 Å². The number of anilines is 1. The van der Waals surface area contributed by atoms with Gasteiger partial charge in [0.25, 0.3) is 0 Å². The number of likely N-dealkylation sites (N-methyl/N-ethyl adjacent to an activating group) is 1. The summed E-state index contributed by atoms with van der Waals surface area (Å²) in [6.45, 7) is 5.36. The minimum Gasteiger partial charge on any atom is -0.340 e. The van der Waals surface area contributed by atoms with Crippen molar-refractivity contribution in [2.24, 2.45) is 0 Å². The van der Waals surface area contributed by atoms with Crippen LogP contribution in [0.5, 0.6) is 0 Å². The first-order chi connectivity index (χ1) is 16.9. The number of para-hydroxylation sites is 2. The Labute approximate surface area is 205 Å². The molecule has 0 radical (unpaired) electrons. The number of aromatic nitrogens is 2. The Hall–Kier alpha value is -3.93. The number of carbonyl (C=O) groups excluding carboxylic acids is 2. The molecule has 1 aliphatic heterocycles. The van der Waals surface area contributed by atoms with Crippen LogP contribution in [-0.4, -0.2) is 39.9 Å². The highest BCUT2D eigenvalue weighted by molar-refractivity contribution is 5.97. The van der Waals surface area contributed by atoms with Crippen molar-refractivity contribution in [1.29, 1.82) is 0 Å². The molecule has 1 aliphatic rings. The molecule has 1 fully saturated rings. The Morgan fingerprint density at radius 2 is 1.77 bits per heavy atom. The van der Waals surface area contributed by atoms with E-state index in [0.29, 0.717) is 19.5 Å². The second-order valence-corrected chi connectivity index (χ2v) is 9.48. The van der Waals surface area contributed by atoms with E-state index >= 15 is 0 Å². The van der Waals surface area contributed by atoms with Crippen LogP contribution in [0.1, 0.15) is 34.9 Å². The van der Waals surface area contributed by atoms with E-state index in [4.69, 9.17) is 4.98 Å². The van der Waals surface area contributed by atoms with Gasteiger partial charge in [0, 0.05) is 38.2 Å².